The minimum atomic E-state index is -2.14. The zero-order valence-electron chi connectivity index (χ0n) is 24.8. The molecule has 0 radical (unpaired) electrons. The predicted octanol–water partition coefficient (Wildman–Crippen LogP) is 8.12. The number of carbonyl (C=O) groups is 2. The lowest BCUT2D eigenvalue weighted by Crippen LogP contribution is -2.46. The molecule has 216 valence electrons. The number of nitrogens with one attached hydrogen (secondary N) is 2. The highest BCUT2D eigenvalue weighted by Crippen LogP contribution is 2.36. The van der Waals surface area contributed by atoms with Crippen molar-refractivity contribution in [3.8, 4) is 16.9 Å². The van der Waals surface area contributed by atoms with Crippen molar-refractivity contribution in [2.45, 2.75) is 38.9 Å². The van der Waals surface area contributed by atoms with Gasteiger partial charge in [-0.05, 0) is 77.3 Å². The molecule has 0 aliphatic carbocycles. The Morgan fingerprint density at radius 2 is 1.33 bits per heavy atom. The van der Waals surface area contributed by atoms with Gasteiger partial charge in [-0.15, -0.1) is 0 Å². The van der Waals surface area contributed by atoms with Crippen LogP contribution in [0, 0.1) is 0 Å². The second kappa shape index (κ2) is 13.5. The van der Waals surface area contributed by atoms with E-state index in [-0.39, 0.29) is 23.5 Å². The molecule has 2 N–H and O–H groups in total. The third-order valence-corrected chi connectivity index (χ3v) is 11.6. The number of hydrogen-bond acceptors (Lipinski definition) is 4. The quantitative estimate of drug-likeness (QED) is 0.113. The predicted molar refractivity (Wildman–Crippen MR) is 173 cm³/mol. The Bertz CT molecular complexity index is 1510. The standard InChI is InChI=1S/C35H38N2O4Si/c1-35(2,3)42(4,5)41-37-34(39)29-18-16-26(17-19-29)24-30(33(38)36-31-14-10-7-11-15-31)25-40-32-22-20-28(21-23-32)27-12-8-6-9-13-27/h6-24H,25H2,1-5H3,(H,36,38)(H,37,39). The Balaban J connectivity index is 1.48. The van der Waals surface area contributed by atoms with Crippen LogP contribution in [0.2, 0.25) is 18.1 Å². The average molecular weight is 579 g/mol. The lowest BCUT2D eigenvalue weighted by Gasteiger charge is -2.35. The van der Waals surface area contributed by atoms with Gasteiger partial charge >= 0.3 is 0 Å². The number of rotatable bonds is 10. The fraction of sp³-hybridized carbons (Fsp3) is 0.200. The van der Waals surface area contributed by atoms with Crippen molar-refractivity contribution in [2.24, 2.45) is 0 Å². The summed E-state index contributed by atoms with van der Waals surface area (Å²) in [6, 6.07) is 34.2. The van der Waals surface area contributed by atoms with Crippen LogP contribution < -0.4 is 15.5 Å². The molecule has 0 heterocycles. The maximum Gasteiger partial charge on any atom is 0.273 e. The number of carbonyl (C=O) groups excluding carboxylic acids is 2. The van der Waals surface area contributed by atoms with Crippen LogP contribution in [-0.2, 0) is 9.32 Å². The third kappa shape index (κ3) is 8.28. The van der Waals surface area contributed by atoms with E-state index in [0.29, 0.717) is 22.6 Å². The number of hydrogen-bond donors (Lipinski definition) is 2. The van der Waals surface area contributed by atoms with Crippen LogP contribution in [0.25, 0.3) is 17.2 Å². The van der Waals surface area contributed by atoms with Crippen LogP contribution in [-0.4, -0.2) is 26.7 Å². The Labute approximate surface area is 249 Å². The molecular weight excluding hydrogens is 540 g/mol. The molecule has 4 aromatic rings. The first-order valence-electron chi connectivity index (χ1n) is 14.0. The van der Waals surface area contributed by atoms with E-state index in [9.17, 15) is 9.59 Å². The summed E-state index contributed by atoms with van der Waals surface area (Å²) in [6.07, 6.45) is 1.77. The minimum absolute atomic E-state index is 0.0301. The smallest absolute Gasteiger partial charge is 0.273 e. The van der Waals surface area contributed by atoms with Crippen LogP contribution in [0.1, 0.15) is 36.7 Å². The monoisotopic (exact) mass is 578 g/mol. The summed E-state index contributed by atoms with van der Waals surface area (Å²) in [4.78, 5) is 26.0. The highest BCUT2D eigenvalue weighted by atomic mass is 28.4. The van der Waals surface area contributed by atoms with Crippen molar-refractivity contribution in [3.05, 3.63) is 126 Å². The van der Waals surface area contributed by atoms with Crippen LogP contribution in [0.5, 0.6) is 5.75 Å². The van der Waals surface area contributed by atoms with Gasteiger partial charge in [0.1, 0.15) is 12.4 Å². The fourth-order valence-electron chi connectivity index (χ4n) is 3.76. The maximum absolute atomic E-state index is 13.3. The van der Waals surface area contributed by atoms with Gasteiger partial charge in [0.05, 0.1) is 5.57 Å². The molecule has 0 fully saturated rings. The first-order chi connectivity index (χ1) is 20.0. The number of anilines is 1. The lowest BCUT2D eigenvalue weighted by molar-refractivity contribution is -0.113. The Hall–Kier alpha value is -4.46. The van der Waals surface area contributed by atoms with Gasteiger partial charge in [0.15, 0.2) is 0 Å². The van der Waals surface area contributed by atoms with E-state index in [4.69, 9.17) is 9.26 Å². The third-order valence-electron chi connectivity index (χ3n) is 7.40. The van der Waals surface area contributed by atoms with E-state index < -0.39 is 8.32 Å². The summed E-state index contributed by atoms with van der Waals surface area (Å²) >= 11 is 0. The van der Waals surface area contributed by atoms with E-state index >= 15 is 0 Å². The second-order valence-corrected chi connectivity index (χ2v) is 16.3. The van der Waals surface area contributed by atoms with Crippen molar-refractivity contribution < 1.29 is 18.9 Å². The number of para-hydroxylation sites is 1. The van der Waals surface area contributed by atoms with Gasteiger partial charge in [0.2, 0.25) is 8.32 Å². The SMILES string of the molecule is CC(C)(C)[Si](C)(C)ONC(=O)c1ccc(C=C(COc2ccc(-c3ccccc3)cc2)C(=O)Nc2ccccc2)cc1. The molecule has 4 aromatic carbocycles. The highest BCUT2D eigenvalue weighted by Gasteiger charge is 2.38. The fourth-order valence-corrected chi connectivity index (χ4v) is 4.41. The number of benzene rings is 4. The Morgan fingerprint density at radius 1 is 0.762 bits per heavy atom. The molecule has 0 aliphatic heterocycles. The summed E-state index contributed by atoms with van der Waals surface area (Å²) in [5, 5.41) is 2.91. The number of hydroxylamine groups is 1. The van der Waals surface area contributed by atoms with E-state index in [1.807, 2.05) is 72.8 Å². The molecule has 6 nitrogen and oxygen atoms in total. The van der Waals surface area contributed by atoms with Crippen molar-refractivity contribution in [1.29, 1.82) is 0 Å². The van der Waals surface area contributed by atoms with E-state index in [1.54, 1.807) is 30.3 Å². The van der Waals surface area contributed by atoms with Gasteiger partial charge in [0.25, 0.3) is 11.8 Å². The van der Waals surface area contributed by atoms with Crippen molar-refractivity contribution >= 4 is 31.9 Å². The van der Waals surface area contributed by atoms with Gasteiger partial charge in [-0.2, -0.15) is 0 Å². The van der Waals surface area contributed by atoms with E-state index in [1.165, 1.54) is 0 Å². The molecule has 0 saturated carbocycles. The van der Waals surface area contributed by atoms with Gasteiger partial charge in [-0.25, -0.2) is 5.48 Å². The molecule has 0 saturated heterocycles. The van der Waals surface area contributed by atoms with E-state index in [0.717, 1.165) is 16.7 Å². The van der Waals surface area contributed by atoms with Crippen molar-refractivity contribution in [3.63, 3.8) is 0 Å². The Morgan fingerprint density at radius 3 is 1.93 bits per heavy atom. The van der Waals surface area contributed by atoms with Gasteiger partial charge in [-0.3, -0.25) is 9.59 Å². The zero-order chi connectivity index (χ0) is 30.2. The molecule has 2 amide bonds. The first-order valence-corrected chi connectivity index (χ1v) is 16.9. The van der Waals surface area contributed by atoms with Crippen LogP contribution >= 0.6 is 0 Å². The molecule has 4 rings (SSSR count). The molecule has 0 aromatic heterocycles. The number of amides is 2. The topological polar surface area (TPSA) is 76.7 Å². The first kappa shape index (κ1) is 30.5. The molecule has 0 unspecified atom stereocenters. The number of ether oxygens (including phenoxy) is 1. The van der Waals surface area contributed by atoms with Crippen LogP contribution in [0.3, 0.4) is 0 Å². The zero-order valence-corrected chi connectivity index (χ0v) is 25.8. The molecule has 7 heteroatoms. The largest absolute Gasteiger partial charge is 0.489 e. The summed E-state index contributed by atoms with van der Waals surface area (Å²) < 4.78 is 11.9. The van der Waals surface area contributed by atoms with E-state index in [2.05, 4.69) is 56.8 Å². The van der Waals surface area contributed by atoms with Gasteiger partial charge in [0, 0.05) is 11.3 Å². The Kier molecular flexibility index (Phi) is 9.78. The minimum Gasteiger partial charge on any atom is -0.489 e. The molecule has 0 aliphatic rings. The van der Waals surface area contributed by atoms with Crippen molar-refractivity contribution in [1.82, 2.24) is 5.48 Å². The van der Waals surface area contributed by atoms with Crippen molar-refractivity contribution in [2.75, 3.05) is 11.9 Å². The summed E-state index contributed by atoms with van der Waals surface area (Å²) in [5.74, 6) is 0.0771. The van der Waals surface area contributed by atoms with Crippen LogP contribution in [0.4, 0.5) is 5.69 Å². The normalized spacial score (nSPS) is 12.0. The highest BCUT2D eigenvalue weighted by molar-refractivity contribution is 6.74. The van der Waals surface area contributed by atoms with Gasteiger partial charge in [-0.1, -0.05) is 93.6 Å². The molecule has 0 spiro atoms. The molecular formula is C35H38N2O4Si. The average Bonchev–Trinajstić information content (AvgIpc) is 2.99. The molecule has 0 atom stereocenters. The lowest BCUT2D eigenvalue weighted by atomic mass is 10.1. The summed E-state index contributed by atoms with van der Waals surface area (Å²) in [7, 11) is -2.14. The maximum atomic E-state index is 13.3. The van der Waals surface area contributed by atoms with Crippen LogP contribution in [0.15, 0.2) is 115 Å². The van der Waals surface area contributed by atoms with Gasteiger partial charge < -0.3 is 14.6 Å². The summed E-state index contributed by atoms with van der Waals surface area (Å²) in [6.45, 7) is 10.5. The molecule has 0 bridgehead atoms. The second-order valence-electron chi connectivity index (χ2n) is 11.6. The summed E-state index contributed by atoms with van der Waals surface area (Å²) in [5.41, 5.74) is 7.19. The molecule has 42 heavy (non-hydrogen) atoms.